The van der Waals surface area contributed by atoms with Crippen molar-refractivity contribution in [3.8, 4) is 67.5 Å². The van der Waals surface area contributed by atoms with Gasteiger partial charge in [-0.25, -0.2) is 15.0 Å². The third-order valence-corrected chi connectivity index (χ3v) is 11.9. The van der Waals surface area contributed by atoms with Crippen LogP contribution in [-0.4, -0.2) is 15.0 Å². The molecule has 0 N–H and O–H groups in total. The Morgan fingerprint density at radius 1 is 0.262 bits per heavy atom. The number of furan rings is 1. The molecule has 10 aromatic carbocycles. The number of nitrogens with zero attached hydrogens (tertiary/aromatic N) is 3. The molecule has 4 nitrogen and oxygen atoms in total. The van der Waals surface area contributed by atoms with Crippen LogP contribution in [0.2, 0.25) is 0 Å². The van der Waals surface area contributed by atoms with Gasteiger partial charge in [0.25, 0.3) is 0 Å². The van der Waals surface area contributed by atoms with E-state index in [0.717, 1.165) is 71.7 Å². The maximum Gasteiger partial charge on any atom is 0.164 e. The lowest BCUT2D eigenvalue weighted by molar-refractivity contribution is 0.669. The Labute approximate surface area is 352 Å². The third kappa shape index (κ3) is 6.12. The number of aromatic nitrogens is 3. The van der Waals surface area contributed by atoms with Gasteiger partial charge in [-0.1, -0.05) is 182 Å². The number of hydrogen-bond donors (Lipinski definition) is 0. The van der Waals surface area contributed by atoms with Gasteiger partial charge in [-0.2, -0.15) is 0 Å². The van der Waals surface area contributed by atoms with Gasteiger partial charge in [-0.15, -0.1) is 0 Å². The van der Waals surface area contributed by atoms with Crippen molar-refractivity contribution in [1.82, 2.24) is 15.0 Å². The largest absolute Gasteiger partial charge is 0.456 e. The Morgan fingerprint density at radius 3 is 1.54 bits per heavy atom. The Balaban J connectivity index is 0.934. The van der Waals surface area contributed by atoms with Crippen LogP contribution in [0.4, 0.5) is 0 Å². The van der Waals surface area contributed by atoms with Gasteiger partial charge in [0.2, 0.25) is 0 Å². The van der Waals surface area contributed by atoms with Gasteiger partial charge in [-0.05, 0) is 96.0 Å². The molecule has 284 valence electrons. The summed E-state index contributed by atoms with van der Waals surface area (Å²) < 4.78 is 6.20. The van der Waals surface area contributed by atoms with Crippen LogP contribution in [0.15, 0.2) is 217 Å². The van der Waals surface area contributed by atoms with E-state index in [0.29, 0.717) is 17.5 Å². The molecule has 0 unspecified atom stereocenters. The molecule has 2 aromatic heterocycles. The second kappa shape index (κ2) is 14.3. The average molecular weight is 778 g/mol. The fourth-order valence-electron chi connectivity index (χ4n) is 8.90. The molecular weight excluding hydrogens is 743 g/mol. The predicted molar refractivity (Wildman–Crippen MR) is 252 cm³/mol. The van der Waals surface area contributed by atoms with Crippen LogP contribution in [0.25, 0.3) is 122 Å². The zero-order valence-electron chi connectivity index (χ0n) is 33.0. The molecule has 0 fully saturated rings. The Bertz CT molecular complexity index is 3650. The first kappa shape index (κ1) is 34.8. The van der Waals surface area contributed by atoms with E-state index in [1.165, 1.54) is 32.7 Å². The molecule has 0 saturated heterocycles. The SMILES string of the molecule is c1cc(-c2ccc3cc(-c4cccc5oc6ccccc6c45)ccc3c2)cc(-c2nc(-c3ccc(-c4cccc5ccccc45)cc3)nc(-c3cccc4ccccc34)n2)c1. The molecule has 61 heavy (non-hydrogen) atoms. The minimum absolute atomic E-state index is 0.624. The average Bonchev–Trinajstić information content (AvgIpc) is 3.72. The minimum atomic E-state index is 0.624. The molecule has 4 heteroatoms. The van der Waals surface area contributed by atoms with E-state index in [2.05, 4.69) is 194 Å². The van der Waals surface area contributed by atoms with Gasteiger partial charge in [0.1, 0.15) is 11.2 Å². The summed E-state index contributed by atoms with van der Waals surface area (Å²) in [6, 6.07) is 74.8. The predicted octanol–water partition coefficient (Wildman–Crippen LogP) is 15.2. The van der Waals surface area contributed by atoms with E-state index >= 15 is 0 Å². The van der Waals surface area contributed by atoms with Crippen LogP contribution in [0.1, 0.15) is 0 Å². The van der Waals surface area contributed by atoms with E-state index in [4.69, 9.17) is 19.4 Å². The highest BCUT2D eigenvalue weighted by Gasteiger charge is 2.17. The molecule has 0 bridgehead atoms. The molecule has 0 aliphatic carbocycles. The van der Waals surface area contributed by atoms with Gasteiger partial charge < -0.3 is 4.42 Å². The molecule has 12 aromatic rings. The standard InChI is InChI=1S/C57H35N3O/c1-3-17-46-36(11-1)13-8-20-47(46)38-25-27-39(28-26-38)55-58-56(60-57(59-55)50-22-9-14-37-12-2-4-18-48(37)50)45-16-7-15-40(35-45)41-29-30-43-34-44(32-31-42(43)33-41)49-21-10-24-53-54(49)51-19-5-6-23-52(51)61-53/h1-35H. The van der Waals surface area contributed by atoms with E-state index in [9.17, 15) is 0 Å². The minimum Gasteiger partial charge on any atom is -0.456 e. The summed E-state index contributed by atoms with van der Waals surface area (Å²) in [6.07, 6.45) is 0. The molecule has 12 rings (SSSR count). The van der Waals surface area contributed by atoms with E-state index in [1.807, 2.05) is 18.2 Å². The molecule has 2 heterocycles. The van der Waals surface area contributed by atoms with Crippen LogP contribution in [0.5, 0.6) is 0 Å². The second-order valence-electron chi connectivity index (χ2n) is 15.6. The first-order chi connectivity index (χ1) is 30.2. The first-order valence-electron chi connectivity index (χ1n) is 20.6. The summed E-state index contributed by atoms with van der Waals surface area (Å²) in [5, 5.41) is 9.31. The number of benzene rings is 10. The van der Waals surface area contributed by atoms with Crippen molar-refractivity contribution in [1.29, 1.82) is 0 Å². The zero-order chi connectivity index (χ0) is 40.3. The van der Waals surface area contributed by atoms with Crippen molar-refractivity contribution in [2.45, 2.75) is 0 Å². The summed E-state index contributed by atoms with van der Waals surface area (Å²) in [7, 11) is 0. The lowest BCUT2D eigenvalue weighted by Gasteiger charge is -2.12. The van der Waals surface area contributed by atoms with Crippen molar-refractivity contribution in [3.05, 3.63) is 212 Å². The monoisotopic (exact) mass is 777 g/mol. The van der Waals surface area contributed by atoms with E-state index in [1.54, 1.807) is 0 Å². The normalized spacial score (nSPS) is 11.6. The van der Waals surface area contributed by atoms with Gasteiger partial charge in [0.05, 0.1) is 0 Å². The van der Waals surface area contributed by atoms with Crippen molar-refractivity contribution in [2.75, 3.05) is 0 Å². The summed E-state index contributed by atoms with van der Waals surface area (Å²) in [5.74, 6) is 1.89. The fraction of sp³-hybridized carbons (Fsp3) is 0. The molecule has 0 atom stereocenters. The second-order valence-corrected chi connectivity index (χ2v) is 15.6. The highest BCUT2D eigenvalue weighted by Crippen LogP contribution is 2.39. The lowest BCUT2D eigenvalue weighted by atomic mass is 9.95. The molecule has 0 saturated carbocycles. The van der Waals surface area contributed by atoms with E-state index in [-0.39, 0.29) is 0 Å². The van der Waals surface area contributed by atoms with Crippen molar-refractivity contribution in [3.63, 3.8) is 0 Å². The first-order valence-corrected chi connectivity index (χ1v) is 20.6. The molecular formula is C57H35N3O. The van der Waals surface area contributed by atoms with Crippen molar-refractivity contribution >= 4 is 54.3 Å². The topological polar surface area (TPSA) is 51.8 Å². The number of hydrogen-bond acceptors (Lipinski definition) is 4. The van der Waals surface area contributed by atoms with Gasteiger partial charge in [-0.3, -0.25) is 0 Å². The molecule has 0 radical (unpaired) electrons. The molecule has 0 spiro atoms. The molecule has 0 aliphatic rings. The van der Waals surface area contributed by atoms with Gasteiger partial charge >= 0.3 is 0 Å². The fourth-order valence-corrected chi connectivity index (χ4v) is 8.90. The molecule has 0 amide bonds. The van der Waals surface area contributed by atoms with Gasteiger partial charge in [0, 0.05) is 27.5 Å². The summed E-state index contributed by atoms with van der Waals surface area (Å²) in [6.45, 7) is 0. The highest BCUT2D eigenvalue weighted by atomic mass is 16.3. The smallest absolute Gasteiger partial charge is 0.164 e. The van der Waals surface area contributed by atoms with Crippen LogP contribution in [-0.2, 0) is 0 Å². The Kier molecular flexibility index (Phi) is 8.13. The number of rotatable bonds is 6. The van der Waals surface area contributed by atoms with E-state index < -0.39 is 0 Å². The zero-order valence-corrected chi connectivity index (χ0v) is 33.0. The third-order valence-electron chi connectivity index (χ3n) is 11.9. The quantitative estimate of drug-likeness (QED) is 0.169. The van der Waals surface area contributed by atoms with Crippen LogP contribution in [0.3, 0.4) is 0 Å². The van der Waals surface area contributed by atoms with Crippen molar-refractivity contribution in [2.24, 2.45) is 0 Å². The van der Waals surface area contributed by atoms with Crippen LogP contribution < -0.4 is 0 Å². The summed E-state index contributed by atoms with van der Waals surface area (Å²) in [4.78, 5) is 15.5. The van der Waals surface area contributed by atoms with Gasteiger partial charge in [0.15, 0.2) is 17.5 Å². The maximum absolute atomic E-state index is 6.20. The highest BCUT2D eigenvalue weighted by molar-refractivity contribution is 6.13. The van der Waals surface area contributed by atoms with Crippen LogP contribution in [0, 0.1) is 0 Å². The van der Waals surface area contributed by atoms with Crippen molar-refractivity contribution < 1.29 is 4.42 Å². The maximum atomic E-state index is 6.20. The van der Waals surface area contributed by atoms with Crippen LogP contribution >= 0.6 is 0 Å². The lowest BCUT2D eigenvalue weighted by Crippen LogP contribution is -2.00. The Morgan fingerprint density at radius 2 is 0.754 bits per heavy atom. The number of para-hydroxylation sites is 1. The Hall–Kier alpha value is -8.21. The molecule has 0 aliphatic heterocycles. The summed E-state index contributed by atoms with van der Waals surface area (Å²) in [5.41, 5.74) is 11.5. The summed E-state index contributed by atoms with van der Waals surface area (Å²) >= 11 is 0. The number of fused-ring (bicyclic) bond motifs is 6.